The molecule has 0 unspecified atom stereocenters. The SMILES string of the molecule is O=C(c1ccc(C(F)(F)F)cc1)c1c(C(F)(F)F)nc(C(F)F)c(CO)c1-c1ccc(F)cc1. The number of nitrogens with zero attached hydrogens (tertiary/aromatic N) is 1. The van der Waals surface area contributed by atoms with Crippen molar-refractivity contribution in [1.82, 2.24) is 4.98 Å². The van der Waals surface area contributed by atoms with Gasteiger partial charge in [0.15, 0.2) is 11.5 Å². The largest absolute Gasteiger partial charge is 0.434 e. The zero-order valence-electron chi connectivity index (χ0n) is 16.6. The number of aliphatic hydroxyl groups is 1. The van der Waals surface area contributed by atoms with E-state index in [1.54, 1.807) is 0 Å². The summed E-state index contributed by atoms with van der Waals surface area (Å²) in [6.07, 6.45) is -13.8. The van der Waals surface area contributed by atoms with Crippen molar-refractivity contribution in [3.05, 3.63) is 88.0 Å². The molecule has 0 saturated heterocycles. The number of alkyl halides is 8. The van der Waals surface area contributed by atoms with Gasteiger partial charge in [0.2, 0.25) is 0 Å². The lowest BCUT2D eigenvalue weighted by atomic mass is 9.88. The molecule has 0 amide bonds. The van der Waals surface area contributed by atoms with Crippen LogP contribution >= 0.6 is 0 Å². The van der Waals surface area contributed by atoms with Crippen molar-refractivity contribution in [3.63, 3.8) is 0 Å². The molecule has 3 aromatic rings. The Morgan fingerprint density at radius 1 is 0.882 bits per heavy atom. The highest BCUT2D eigenvalue weighted by molar-refractivity contribution is 6.14. The van der Waals surface area contributed by atoms with Gasteiger partial charge in [-0.05, 0) is 29.8 Å². The average Bonchev–Trinajstić information content (AvgIpc) is 2.76. The molecule has 0 aliphatic heterocycles. The van der Waals surface area contributed by atoms with Crippen LogP contribution in [-0.4, -0.2) is 15.9 Å². The summed E-state index contributed by atoms with van der Waals surface area (Å²) in [6, 6.07) is 5.57. The second-order valence-electron chi connectivity index (χ2n) is 6.94. The fourth-order valence-corrected chi connectivity index (χ4v) is 3.30. The van der Waals surface area contributed by atoms with E-state index in [-0.39, 0.29) is 5.56 Å². The molecule has 0 atom stereocenters. The van der Waals surface area contributed by atoms with Crippen molar-refractivity contribution in [2.24, 2.45) is 0 Å². The summed E-state index contributed by atoms with van der Waals surface area (Å²) >= 11 is 0. The van der Waals surface area contributed by atoms with Crippen LogP contribution in [0.25, 0.3) is 11.1 Å². The number of hydrogen-bond acceptors (Lipinski definition) is 3. The molecule has 34 heavy (non-hydrogen) atoms. The Hall–Kier alpha value is -3.41. The Bertz CT molecular complexity index is 1200. The smallest absolute Gasteiger partial charge is 0.392 e. The fourth-order valence-electron chi connectivity index (χ4n) is 3.30. The van der Waals surface area contributed by atoms with Gasteiger partial charge in [0.05, 0.1) is 17.7 Å². The predicted octanol–water partition coefficient (Wildman–Crippen LogP) is 6.59. The number of rotatable bonds is 5. The zero-order chi connectivity index (χ0) is 25.4. The van der Waals surface area contributed by atoms with Crippen LogP contribution in [0.5, 0.6) is 0 Å². The highest BCUT2D eigenvalue weighted by atomic mass is 19.4. The van der Waals surface area contributed by atoms with E-state index in [0.29, 0.717) is 24.3 Å². The van der Waals surface area contributed by atoms with Crippen molar-refractivity contribution < 1.29 is 49.4 Å². The van der Waals surface area contributed by atoms with E-state index in [0.717, 1.165) is 24.3 Å². The molecule has 180 valence electrons. The molecule has 1 heterocycles. The number of aromatic nitrogens is 1. The van der Waals surface area contributed by atoms with E-state index in [9.17, 15) is 49.4 Å². The van der Waals surface area contributed by atoms with Gasteiger partial charge in [-0.1, -0.05) is 24.3 Å². The second kappa shape index (κ2) is 9.09. The van der Waals surface area contributed by atoms with Gasteiger partial charge in [-0.15, -0.1) is 0 Å². The zero-order valence-corrected chi connectivity index (χ0v) is 16.6. The molecule has 0 spiro atoms. The summed E-state index contributed by atoms with van der Waals surface area (Å²) in [4.78, 5) is 16.0. The molecule has 1 aromatic heterocycles. The van der Waals surface area contributed by atoms with E-state index >= 15 is 0 Å². The summed E-state index contributed by atoms with van der Waals surface area (Å²) in [7, 11) is 0. The maximum Gasteiger partial charge on any atom is 0.434 e. The molecular weight excluding hydrogens is 481 g/mol. The molecule has 2 aromatic carbocycles. The van der Waals surface area contributed by atoms with Gasteiger partial charge < -0.3 is 5.11 Å². The molecule has 0 aliphatic carbocycles. The Balaban J connectivity index is 2.39. The maximum atomic E-state index is 13.9. The van der Waals surface area contributed by atoms with Crippen LogP contribution < -0.4 is 0 Å². The first-order valence-corrected chi connectivity index (χ1v) is 9.26. The van der Waals surface area contributed by atoms with Crippen LogP contribution in [0.1, 0.15) is 44.9 Å². The van der Waals surface area contributed by atoms with E-state index in [2.05, 4.69) is 4.98 Å². The lowest BCUT2D eigenvalue weighted by molar-refractivity contribution is -0.141. The summed E-state index contributed by atoms with van der Waals surface area (Å²) < 4.78 is 121. The number of halogens is 9. The number of aliphatic hydroxyl groups excluding tert-OH is 1. The lowest BCUT2D eigenvalue weighted by Gasteiger charge is -2.21. The Morgan fingerprint density at radius 2 is 1.44 bits per heavy atom. The van der Waals surface area contributed by atoms with Gasteiger partial charge in [-0.3, -0.25) is 4.79 Å². The van der Waals surface area contributed by atoms with Crippen molar-refractivity contribution in [2.75, 3.05) is 0 Å². The van der Waals surface area contributed by atoms with Crippen molar-refractivity contribution >= 4 is 5.78 Å². The summed E-state index contributed by atoms with van der Waals surface area (Å²) in [5.74, 6) is -2.31. The van der Waals surface area contributed by atoms with Crippen LogP contribution in [-0.2, 0) is 19.0 Å². The van der Waals surface area contributed by atoms with Crippen molar-refractivity contribution in [3.8, 4) is 11.1 Å². The van der Waals surface area contributed by atoms with Crippen LogP contribution in [0.4, 0.5) is 39.5 Å². The molecule has 0 radical (unpaired) electrons. The van der Waals surface area contributed by atoms with E-state index < -0.39 is 76.2 Å². The number of benzene rings is 2. The highest BCUT2D eigenvalue weighted by Crippen LogP contribution is 2.42. The van der Waals surface area contributed by atoms with E-state index in [4.69, 9.17) is 0 Å². The lowest BCUT2D eigenvalue weighted by Crippen LogP contribution is -2.21. The summed E-state index contributed by atoms with van der Waals surface area (Å²) in [5.41, 5.74) is -8.47. The molecule has 0 bridgehead atoms. The second-order valence-corrected chi connectivity index (χ2v) is 6.94. The number of ketones is 1. The molecule has 3 nitrogen and oxygen atoms in total. The third-order valence-corrected chi connectivity index (χ3v) is 4.80. The first-order chi connectivity index (χ1) is 15.8. The monoisotopic (exact) mass is 493 g/mol. The normalized spacial score (nSPS) is 12.3. The van der Waals surface area contributed by atoms with Crippen molar-refractivity contribution in [2.45, 2.75) is 25.4 Å². The summed E-state index contributed by atoms with van der Waals surface area (Å²) in [5, 5.41) is 9.70. The Labute approximate surface area is 185 Å². The minimum atomic E-state index is -5.44. The van der Waals surface area contributed by atoms with Crippen LogP contribution in [0.15, 0.2) is 48.5 Å². The quantitative estimate of drug-likeness (QED) is 0.323. The van der Waals surface area contributed by atoms with Gasteiger partial charge in [0, 0.05) is 16.7 Å². The topological polar surface area (TPSA) is 50.2 Å². The number of carbonyl (C=O) groups excluding carboxylic acids is 1. The maximum absolute atomic E-state index is 13.9. The van der Waals surface area contributed by atoms with Crippen LogP contribution in [0, 0.1) is 5.82 Å². The minimum Gasteiger partial charge on any atom is -0.392 e. The van der Waals surface area contributed by atoms with Gasteiger partial charge in [-0.25, -0.2) is 18.2 Å². The van der Waals surface area contributed by atoms with Gasteiger partial charge in [0.1, 0.15) is 11.5 Å². The first kappa shape index (κ1) is 25.2. The van der Waals surface area contributed by atoms with Crippen LogP contribution in [0.2, 0.25) is 0 Å². The number of pyridine rings is 1. The molecule has 0 aliphatic rings. The van der Waals surface area contributed by atoms with Crippen LogP contribution in [0.3, 0.4) is 0 Å². The first-order valence-electron chi connectivity index (χ1n) is 9.26. The highest BCUT2D eigenvalue weighted by Gasteiger charge is 2.42. The third-order valence-electron chi connectivity index (χ3n) is 4.80. The van der Waals surface area contributed by atoms with Crippen molar-refractivity contribution in [1.29, 1.82) is 0 Å². The standard InChI is InChI=1S/C22H12F9NO2/c23-13-7-3-10(4-8-13)15-14(9-33)17(20(24)25)32-19(22(29,30)31)16(15)18(34)11-1-5-12(6-2-11)21(26,27)28/h1-8,20,33H,9H2. The van der Waals surface area contributed by atoms with E-state index in [1.165, 1.54) is 0 Å². The molecule has 12 heteroatoms. The molecule has 1 N–H and O–H groups in total. The Morgan fingerprint density at radius 3 is 1.88 bits per heavy atom. The van der Waals surface area contributed by atoms with E-state index in [1.807, 2.05) is 0 Å². The van der Waals surface area contributed by atoms with Gasteiger partial charge in [0.25, 0.3) is 6.43 Å². The molecule has 0 saturated carbocycles. The fraction of sp³-hybridized carbons (Fsp3) is 0.182. The number of carbonyl (C=O) groups is 1. The summed E-state index contributed by atoms with van der Waals surface area (Å²) in [6.45, 7) is -1.26. The average molecular weight is 493 g/mol. The molecule has 3 rings (SSSR count). The van der Waals surface area contributed by atoms with Gasteiger partial charge in [-0.2, -0.15) is 26.3 Å². The Kier molecular flexibility index (Phi) is 6.74. The number of hydrogen-bond donors (Lipinski definition) is 1. The van der Waals surface area contributed by atoms with Gasteiger partial charge >= 0.3 is 12.4 Å². The molecular formula is C22H12F9NO2. The third kappa shape index (κ3) is 4.91. The molecule has 0 fully saturated rings. The predicted molar refractivity (Wildman–Crippen MR) is 100 cm³/mol. The minimum absolute atomic E-state index is 0.324.